The number of hydrogen-bond donors (Lipinski definition) is 3. The SMILES string of the molecule is CC1(C)SC2C(CC(=N)CC(=N)N3CCN(c4cc5c(cc4F)c(=O)ccn5C4CC4)CC3)C(=O)N2C1C(=O)O. The molecule has 0 spiro atoms. The number of thioether (sulfide) groups is 1. The molecule has 4 fully saturated rings. The van der Waals surface area contributed by atoms with Crippen LogP contribution in [0.25, 0.3) is 10.9 Å². The Morgan fingerprint density at radius 3 is 2.50 bits per heavy atom. The molecule has 1 aromatic heterocycles. The monoisotopic (exact) mass is 568 g/mol. The molecule has 6 rings (SSSR count). The zero-order chi connectivity index (χ0) is 28.5. The molecule has 3 N–H and O–H groups in total. The lowest BCUT2D eigenvalue weighted by atomic mass is 9.87. The second-order valence-corrected chi connectivity index (χ2v) is 13.5. The lowest BCUT2D eigenvalue weighted by Crippen LogP contribution is -2.62. The van der Waals surface area contributed by atoms with Crippen molar-refractivity contribution in [3.05, 3.63) is 40.4 Å². The number of benzene rings is 1. The molecule has 40 heavy (non-hydrogen) atoms. The zero-order valence-corrected chi connectivity index (χ0v) is 23.3. The van der Waals surface area contributed by atoms with Crippen LogP contribution in [0, 0.1) is 22.6 Å². The van der Waals surface area contributed by atoms with Gasteiger partial charge in [0.15, 0.2) is 5.43 Å². The van der Waals surface area contributed by atoms with Crippen molar-refractivity contribution in [2.45, 2.75) is 61.7 Å². The maximum atomic E-state index is 15.1. The molecule has 10 nitrogen and oxygen atoms in total. The van der Waals surface area contributed by atoms with E-state index < -0.39 is 28.5 Å². The van der Waals surface area contributed by atoms with Crippen LogP contribution in [0.15, 0.2) is 29.2 Å². The zero-order valence-electron chi connectivity index (χ0n) is 22.5. The van der Waals surface area contributed by atoms with Crippen LogP contribution >= 0.6 is 11.8 Å². The Bertz CT molecular complexity index is 1500. The van der Waals surface area contributed by atoms with Crippen molar-refractivity contribution in [2.75, 3.05) is 31.1 Å². The topological polar surface area (TPSA) is 134 Å². The second kappa shape index (κ2) is 9.60. The predicted molar refractivity (Wildman–Crippen MR) is 152 cm³/mol. The number of carbonyl (C=O) groups is 2. The van der Waals surface area contributed by atoms with Gasteiger partial charge in [-0.3, -0.25) is 15.0 Å². The van der Waals surface area contributed by atoms with E-state index >= 15 is 4.39 Å². The van der Waals surface area contributed by atoms with Crippen LogP contribution in [0.3, 0.4) is 0 Å². The summed E-state index contributed by atoms with van der Waals surface area (Å²) in [5, 5.41) is 26.8. The number of β-lactam (4-membered cyclic amide) rings is 1. The number of carbonyl (C=O) groups excluding carboxylic acids is 1. The molecule has 212 valence electrons. The summed E-state index contributed by atoms with van der Waals surface area (Å²) in [7, 11) is 0. The Hall–Kier alpha value is -3.41. The van der Waals surface area contributed by atoms with Gasteiger partial charge in [0.25, 0.3) is 0 Å². The number of halogens is 1. The van der Waals surface area contributed by atoms with Crippen molar-refractivity contribution in [1.29, 1.82) is 10.8 Å². The molecule has 1 amide bonds. The average molecular weight is 569 g/mol. The van der Waals surface area contributed by atoms with Gasteiger partial charge in [-0.05, 0) is 45.2 Å². The number of aliphatic carboxylic acids is 1. The first kappa shape index (κ1) is 26.8. The van der Waals surface area contributed by atoms with E-state index in [0.29, 0.717) is 43.3 Å². The highest BCUT2D eigenvalue weighted by atomic mass is 32.2. The number of amides is 1. The van der Waals surface area contributed by atoms with Crippen molar-refractivity contribution >= 4 is 51.8 Å². The van der Waals surface area contributed by atoms with Gasteiger partial charge in [-0.25, -0.2) is 9.18 Å². The maximum absolute atomic E-state index is 15.1. The number of hydrogen-bond acceptors (Lipinski definition) is 7. The largest absolute Gasteiger partial charge is 0.480 e. The molecular formula is C28H33FN6O4S. The lowest BCUT2D eigenvalue weighted by Gasteiger charge is -2.44. The average Bonchev–Trinajstić information content (AvgIpc) is 3.71. The first-order valence-corrected chi connectivity index (χ1v) is 14.5. The minimum Gasteiger partial charge on any atom is -0.480 e. The summed E-state index contributed by atoms with van der Waals surface area (Å²) in [6, 6.07) is 4.09. The third-order valence-corrected chi connectivity index (χ3v) is 10.2. The maximum Gasteiger partial charge on any atom is 0.327 e. The fourth-order valence-electron chi connectivity index (χ4n) is 6.34. The molecule has 2 aromatic rings. The summed E-state index contributed by atoms with van der Waals surface area (Å²) in [6.07, 6.45) is 4.22. The molecule has 3 aliphatic heterocycles. The van der Waals surface area contributed by atoms with E-state index in [2.05, 4.69) is 4.57 Å². The Labute approximate surface area is 235 Å². The molecule has 0 radical (unpaired) electrons. The van der Waals surface area contributed by atoms with Gasteiger partial charge in [-0.2, -0.15) is 0 Å². The van der Waals surface area contributed by atoms with Crippen molar-refractivity contribution < 1.29 is 19.1 Å². The van der Waals surface area contributed by atoms with Gasteiger partial charge in [0.05, 0.1) is 22.5 Å². The van der Waals surface area contributed by atoms with Crippen molar-refractivity contribution in [3.8, 4) is 0 Å². The number of carboxylic acid groups (broad SMARTS) is 1. The number of nitrogens with one attached hydrogen (secondary N) is 2. The minimum absolute atomic E-state index is 0.116. The van der Waals surface area contributed by atoms with Crippen LogP contribution in [-0.2, 0) is 9.59 Å². The molecule has 12 heteroatoms. The smallest absolute Gasteiger partial charge is 0.327 e. The molecule has 1 aromatic carbocycles. The highest BCUT2D eigenvalue weighted by Crippen LogP contribution is 2.54. The van der Waals surface area contributed by atoms with Crippen molar-refractivity contribution in [2.24, 2.45) is 5.92 Å². The summed E-state index contributed by atoms with van der Waals surface area (Å²) >= 11 is 1.47. The first-order valence-electron chi connectivity index (χ1n) is 13.7. The van der Waals surface area contributed by atoms with Gasteiger partial charge in [0.2, 0.25) is 5.91 Å². The number of aromatic nitrogens is 1. The Morgan fingerprint density at radius 2 is 1.85 bits per heavy atom. The number of rotatable bonds is 7. The van der Waals surface area contributed by atoms with Crippen LogP contribution in [0.4, 0.5) is 10.1 Å². The lowest BCUT2D eigenvalue weighted by molar-refractivity contribution is -0.163. The van der Waals surface area contributed by atoms with Crippen molar-refractivity contribution in [1.82, 2.24) is 14.4 Å². The molecule has 1 saturated carbocycles. The molecule has 0 bridgehead atoms. The number of piperazine rings is 1. The number of carboxylic acids is 1. The van der Waals surface area contributed by atoms with Crippen LogP contribution in [-0.4, -0.2) is 85.2 Å². The Kier molecular flexibility index (Phi) is 6.43. The quantitative estimate of drug-likeness (QED) is 0.265. The van der Waals surface area contributed by atoms with Crippen molar-refractivity contribution in [3.63, 3.8) is 0 Å². The molecular weight excluding hydrogens is 535 g/mol. The summed E-state index contributed by atoms with van der Waals surface area (Å²) in [5.74, 6) is -1.82. The van der Waals surface area contributed by atoms with Crippen LogP contribution < -0.4 is 10.3 Å². The normalized spacial score (nSPS) is 25.6. The van der Waals surface area contributed by atoms with E-state index in [1.165, 1.54) is 28.8 Å². The van der Waals surface area contributed by atoms with Gasteiger partial charge < -0.3 is 29.8 Å². The molecule has 4 heterocycles. The number of anilines is 1. The summed E-state index contributed by atoms with van der Waals surface area (Å²) in [5.41, 5.74) is 1.29. The van der Waals surface area contributed by atoms with E-state index in [-0.39, 0.29) is 41.1 Å². The van der Waals surface area contributed by atoms with E-state index in [4.69, 9.17) is 10.8 Å². The van der Waals surface area contributed by atoms with Gasteiger partial charge in [0.1, 0.15) is 17.7 Å². The van der Waals surface area contributed by atoms with E-state index in [1.54, 1.807) is 12.3 Å². The molecule has 3 atom stereocenters. The minimum atomic E-state index is -1.01. The van der Waals surface area contributed by atoms with Gasteiger partial charge in [0, 0.05) is 66.7 Å². The fraction of sp³-hybridized carbons (Fsp3) is 0.536. The van der Waals surface area contributed by atoms with Crippen LogP contribution in [0.5, 0.6) is 0 Å². The van der Waals surface area contributed by atoms with Crippen LogP contribution in [0.2, 0.25) is 0 Å². The standard InChI is InChI=1S/C28H33FN6O4S/c1-28(2)24(27(38)39)35-25(37)18(26(35)40-28)11-15(30)12-23(31)33-9-7-32(8-10-33)21-14-20-17(13-19(21)29)22(36)5-6-34(20)16-3-4-16/h5-6,13-14,16,18,24,26,30-31H,3-4,7-12H2,1-2H3,(H,38,39). The predicted octanol–water partition coefficient (Wildman–Crippen LogP) is 3.14. The Balaban J connectivity index is 1.06. The first-order chi connectivity index (χ1) is 19.0. The van der Waals surface area contributed by atoms with E-state index in [1.807, 2.05) is 23.6 Å². The third-order valence-electron chi connectivity index (χ3n) is 8.57. The number of nitrogens with zero attached hydrogens (tertiary/aromatic N) is 4. The number of pyridine rings is 1. The highest BCUT2D eigenvalue weighted by Gasteiger charge is 2.63. The summed E-state index contributed by atoms with van der Waals surface area (Å²) in [6.45, 7) is 5.65. The van der Waals surface area contributed by atoms with E-state index in [0.717, 1.165) is 18.4 Å². The Morgan fingerprint density at radius 1 is 1.15 bits per heavy atom. The molecule has 3 unspecified atom stereocenters. The third kappa shape index (κ3) is 4.46. The second-order valence-electron chi connectivity index (χ2n) is 11.7. The highest BCUT2D eigenvalue weighted by molar-refractivity contribution is 8.01. The fourth-order valence-corrected chi connectivity index (χ4v) is 8.02. The van der Waals surface area contributed by atoms with Gasteiger partial charge >= 0.3 is 5.97 Å². The van der Waals surface area contributed by atoms with Crippen LogP contribution in [0.1, 0.15) is 45.6 Å². The van der Waals surface area contributed by atoms with Gasteiger partial charge in [-0.15, -0.1) is 11.8 Å². The van der Waals surface area contributed by atoms with Gasteiger partial charge in [-0.1, -0.05) is 0 Å². The summed E-state index contributed by atoms with van der Waals surface area (Å²) < 4.78 is 16.6. The number of amidine groups is 1. The number of fused-ring (bicyclic) bond motifs is 2. The molecule has 1 aliphatic carbocycles. The van der Waals surface area contributed by atoms with E-state index in [9.17, 15) is 19.5 Å². The summed E-state index contributed by atoms with van der Waals surface area (Å²) in [4.78, 5) is 42.1. The molecule has 4 aliphatic rings. The molecule has 3 saturated heterocycles.